The third-order valence-electron chi connectivity index (χ3n) is 1.57. The Labute approximate surface area is 109 Å². The molecule has 0 radical (unpaired) electrons. The molecule has 0 atom stereocenters. The summed E-state index contributed by atoms with van der Waals surface area (Å²) in [6.07, 6.45) is 0. The first-order valence-electron chi connectivity index (χ1n) is 3.32. The molecule has 2 rings (SSSR count). The van der Waals surface area contributed by atoms with Crippen LogP contribution in [0.5, 0.6) is 0 Å². The maximum Gasteiger partial charge on any atom is 1.00 e. The van der Waals surface area contributed by atoms with Crippen molar-refractivity contribution in [2.45, 2.75) is 0 Å². The molecule has 0 N–H and O–H groups in total. The maximum atomic E-state index is 3.15. The Morgan fingerprint density at radius 1 is 0.909 bits per heavy atom. The van der Waals surface area contributed by atoms with Crippen molar-refractivity contribution in [1.29, 1.82) is 0 Å². The second-order valence-electron chi connectivity index (χ2n) is 2.26. The van der Waals surface area contributed by atoms with E-state index in [0.29, 0.717) is 0 Å². The van der Waals surface area contributed by atoms with E-state index in [9.17, 15) is 0 Å². The quantitative estimate of drug-likeness (QED) is 0.370. The third-order valence-corrected chi connectivity index (χ3v) is 1.57. The summed E-state index contributed by atoms with van der Waals surface area (Å²) < 4.78 is 0. The minimum atomic E-state index is 0. The van der Waals surface area contributed by atoms with Gasteiger partial charge in [-0.2, -0.15) is 0 Å². The average Bonchev–Trinajstić information content (AvgIpc) is 2.05. The fourth-order valence-corrected chi connectivity index (χ4v) is 1.06. The van der Waals surface area contributed by atoms with Gasteiger partial charge in [-0.15, -0.1) is 47.2 Å². The molecular formula is C10H7K. The Balaban J connectivity index is 0.000000605. The van der Waals surface area contributed by atoms with Crippen LogP contribution in [0.3, 0.4) is 0 Å². The smallest absolute Gasteiger partial charge is 0.147 e. The molecule has 0 nitrogen and oxygen atoms in total. The zero-order valence-corrected chi connectivity index (χ0v) is 9.66. The summed E-state index contributed by atoms with van der Waals surface area (Å²) in [5.74, 6) is 0. The van der Waals surface area contributed by atoms with Crippen molar-refractivity contribution < 1.29 is 51.4 Å². The van der Waals surface area contributed by atoms with Gasteiger partial charge in [-0.3, -0.25) is 0 Å². The van der Waals surface area contributed by atoms with E-state index in [2.05, 4.69) is 24.3 Å². The van der Waals surface area contributed by atoms with Crippen LogP contribution in [0.25, 0.3) is 10.8 Å². The summed E-state index contributed by atoms with van der Waals surface area (Å²) in [6, 6.07) is 17.4. The summed E-state index contributed by atoms with van der Waals surface area (Å²) in [5.41, 5.74) is 0. The molecule has 0 spiro atoms. The maximum absolute atomic E-state index is 3.15. The van der Waals surface area contributed by atoms with E-state index in [1.807, 2.05) is 24.3 Å². The van der Waals surface area contributed by atoms with E-state index in [1.54, 1.807) is 0 Å². The predicted octanol–water partition coefficient (Wildman–Crippen LogP) is -0.356. The zero-order chi connectivity index (χ0) is 6.81. The number of rotatable bonds is 0. The summed E-state index contributed by atoms with van der Waals surface area (Å²) in [5, 5.41) is 2.44. The van der Waals surface area contributed by atoms with Gasteiger partial charge in [0.05, 0.1) is 0 Å². The van der Waals surface area contributed by atoms with Crippen LogP contribution in [0.15, 0.2) is 42.5 Å². The number of hydrogen-bond donors (Lipinski definition) is 0. The van der Waals surface area contributed by atoms with E-state index >= 15 is 0 Å². The first-order chi connectivity index (χ1) is 4.97. The number of hydrogen-bond acceptors (Lipinski definition) is 0. The summed E-state index contributed by atoms with van der Waals surface area (Å²) in [7, 11) is 0. The van der Waals surface area contributed by atoms with Crippen molar-refractivity contribution in [2.24, 2.45) is 0 Å². The topological polar surface area (TPSA) is 0 Å². The van der Waals surface area contributed by atoms with Crippen molar-refractivity contribution in [3.8, 4) is 0 Å². The molecule has 0 aliphatic heterocycles. The van der Waals surface area contributed by atoms with E-state index < -0.39 is 0 Å². The van der Waals surface area contributed by atoms with Crippen molar-refractivity contribution in [3.63, 3.8) is 0 Å². The summed E-state index contributed by atoms with van der Waals surface area (Å²) >= 11 is 0. The minimum Gasteiger partial charge on any atom is -0.147 e. The van der Waals surface area contributed by atoms with Gasteiger partial charge in [0.15, 0.2) is 0 Å². The molecule has 0 unspecified atom stereocenters. The molecule has 1 heteroatoms. The van der Waals surface area contributed by atoms with Crippen LogP contribution in [0.1, 0.15) is 0 Å². The molecule has 11 heavy (non-hydrogen) atoms. The summed E-state index contributed by atoms with van der Waals surface area (Å²) in [6.45, 7) is 0. The molecule has 0 amide bonds. The van der Waals surface area contributed by atoms with Crippen LogP contribution in [0, 0.1) is 6.07 Å². The average molecular weight is 166 g/mol. The standard InChI is InChI=1S/C10H7.K/c1-2-6-10-8-4-3-7-9(10)5-1;/h1-7H;/q-1;+1. The Hall–Kier alpha value is 0.336. The van der Waals surface area contributed by atoms with Gasteiger partial charge >= 0.3 is 51.4 Å². The molecule has 2 aromatic carbocycles. The normalized spacial score (nSPS) is 9.09. The molecule has 0 heterocycles. The molecule has 0 aliphatic rings. The molecule has 2 aromatic rings. The van der Waals surface area contributed by atoms with Gasteiger partial charge in [-0.05, 0) is 0 Å². The Bertz CT molecular complexity index is 276. The molecule has 0 aliphatic carbocycles. The minimum absolute atomic E-state index is 0. The number of fused-ring (bicyclic) bond motifs is 1. The molecule has 0 fully saturated rings. The monoisotopic (exact) mass is 166 g/mol. The van der Waals surface area contributed by atoms with Crippen molar-refractivity contribution in [3.05, 3.63) is 48.5 Å². The largest absolute Gasteiger partial charge is 1.00 e. The Morgan fingerprint density at radius 3 is 2.45 bits per heavy atom. The zero-order valence-electron chi connectivity index (χ0n) is 6.54. The predicted molar refractivity (Wildman–Crippen MR) is 42.8 cm³/mol. The second-order valence-corrected chi connectivity index (χ2v) is 2.26. The van der Waals surface area contributed by atoms with Gasteiger partial charge in [0, 0.05) is 0 Å². The van der Waals surface area contributed by atoms with Crippen molar-refractivity contribution in [2.75, 3.05) is 0 Å². The van der Waals surface area contributed by atoms with Crippen molar-refractivity contribution >= 4 is 10.8 Å². The molecule has 0 aromatic heterocycles. The first kappa shape index (κ1) is 9.42. The van der Waals surface area contributed by atoms with Crippen LogP contribution in [-0.2, 0) is 0 Å². The van der Waals surface area contributed by atoms with E-state index in [4.69, 9.17) is 0 Å². The van der Waals surface area contributed by atoms with Gasteiger partial charge < -0.3 is 0 Å². The molecule has 0 bridgehead atoms. The van der Waals surface area contributed by atoms with Gasteiger partial charge in [0.1, 0.15) is 0 Å². The molecule has 0 saturated carbocycles. The SMILES string of the molecule is [K+].[c-]1cccc2ccccc12. The fourth-order valence-electron chi connectivity index (χ4n) is 1.06. The first-order valence-corrected chi connectivity index (χ1v) is 3.32. The van der Waals surface area contributed by atoms with Gasteiger partial charge in [-0.1, -0.05) is 12.1 Å². The molecular weight excluding hydrogens is 159 g/mol. The van der Waals surface area contributed by atoms with Gasteiger partial charge in [-0.25, -0.2) is 0 Å². The van der Waals surface area contributed by atoms with E-state index in [0.717, 1.165) is 0 Å². The Morgan fingerprint density at radius 2 is 1.64 bits per heavy atom. The second kappa shape index (κ2) is 4.38. The van der Waals surface area contributed by atoms with E-state index in [-0.39, 0.29) is 51.4 Å². The van der Waals surface area contributed by atoms with Crippen LogP contribution in [-0.4, -0.2) is 0 Å². The molecule has 0 saturated heterocycles. The number of benzene rings is 2. The fraction of sp³-hybridized carbons (Fsp3) is 0. The van der Waals surface area contributed by atoms with E-state index in [1.165, 1.54) is 10.8 Å². The van der Waals surface area contributed by atoms with Crippen LogP contribution in [0.2, 0.25) is 0 Å². The van der Waals surface area contributed by atoms with Crippen LogP contribution < -0.4 is 51.4 Å². The van der Waals surface area contributed by atoms with Crippen molar-refractivity contribution in [1.82, 2.24) is 0 Å². The summed E-state index contributed by atoms with van der Waals surface area (Å²) in [4.78, 5) is 0. The van der Waals surface area contributed by atoms with Gasteiger partial charge in [0.25, 0.3) is 0 Å². The van der Waals surface area contributed by atoms with Gasteiger partial charge in [0.2, 0.25) is 0 Å². The third kappa shape index (κ3) is 2.14. The van der Waals surface area contributed by atoms with Crippen LogP contribution in [0.4, 0.5) is 0 Å². The van der Waals surface area contributed by atoms with Crippen LogP contribution >= 0.6 is 0 Å². The Kier molecular flexibility index (Phi) is 3.76. The molecule has 48 valence electrons.